The van der Waals surface area contributed by atoms with E-state index in [1.807, 2.05) is 27.7 Å². The van der Waals surface area contributed by atoms with Gasteiger partial charge in [0.25, 0.3) is 11.8 Å². The van der Waals surface area contributed by atoms with Crippen molar-refractivity contribution >= 4 is 33.9 Å². The van der Waals surface area contributed by atoms with Gasteiger partial charge >= 0.3 is 0 Å². The highest BCUT2D eigenvalue weighted by Crippen LogP contribution is 2.58. The Kier molecular flexibility index (Phi) is 6.78. The van der Waals surface area contributed by atoms with Gasteiger partial charge in [-0.2, -0.15) is 0 Å². The number of nitrogens with two attached hydrogens (primary N) is 1. The lowest BCUT2D eigenvalue weighted by atomic mass is 9.94. The predicted molar refractivity (Wildman–Crippen MR) is 174 cm³/mol. The molecule has 4 bridgehead atoms. The van der Waals surface area contributed by atoms with Crippen molar-refractivity contribution in [3.05, 3.63) is 47.4 Å². The molecule has 6 atom stereocenters. The van der Waals surface area contributed by atoms with Crippen molar-refractivity contribution in [1.82, 2.24) is 29.3 Å². The zero-order chi connectivity index (χ0) is 33.1. The summed E-state index contributed by atoms with van der Waals surface area (Å²) in [7, 11) is 0. The van der Waals surface area contributed by atoms with Gasteiger partial charge in [-0.25, -0.2) is 23.1 Å². The number of hydrogen-bond acceptors (Lipinski definition) is 5. The van der Waals surface area contributed by atoms with Crippen molar-refractivity contribution in [3.63, 3.8) is 0 Å². The summed E-state index contributed by atoms with van der Waals surface area (Å²) in [6.45, 7) is 2.83. The molecule has 0 spiro atoms. The number of fused-ring (bicyclic) bond motifs is 5. The number of aromatic nitrogens is 4. The number of pyridine rings is 1. The highest BCUT2D eigenvalue weighted by molar-refractivity contribution is 5.98. The Bertz CT molecular complexity index is 1980. The topological polar surface area (TPSA) is 111 Å². The minimum absolute atomic E-state index is 0.0633. The number of rotatable bonds is 3. The third kappa shape index (κ3) is 4.69. The third-order valence-corrected chi connectivity index (χ3v) is 11.7. The number of nitrogens with zero attached hydrogens (tertiary/aromatic N) is 5. The number of benzene rings is 1. The first-order chi connectivity index (χ1) is 23.1. The Hall–Kier alpha value is -3.93. The molecule has 3 aliphatic carbocycles. The van der Waals surface area contributed by atoms with Crippen LogP contribution < -0.4 is 11.1 Å². The average Bonchev–Trinajstić information content (AvgIpc) is 3.79. The number of piperidine rings is 1. The normalized spacial score (nSPS) is 30.0. The molecule has 9 rings (SSSR count). The molecular formula is C36H40F3N7O2. The van der Waals surface area contributed by atoms with E-state index in [-0.39, 0.29) is 29.6 Å². The summed E-state index contributed by atoms with van der Waals surface area (Å²) in [5.41, 5.74) is 9.60. The smallest absolute Gasteiger partial charge is 0.263 e. The van der Waals surface area contributed by atoms with Gasteiger partial charge < -0.3 is 25.1 Å². The van der Waals surface area contributed by atoms with Crippen LogP contribution in [0.3, 0.4) is 0 Å². The highest BCUT2D eigenvalue weighted by Gasteiger charge is 2.71. The molecule has 5 aliphatic rings. The van der Waals surface area contributed by atoms with Crippen LogP contribution >= 0.6 is 0 Å². The second-order valence-corrected chi connectivity index (χ2v) is 14.9. The SMILES string of the molecule is C[C@H]1NC(=O)[C@H]2[C@H](CCCCCn3c(-c4nc5cc(C(=O)N6C[C@H](N)[C@@H]7CC[C@H]6C7)cc(F)c5n4C4CC4)cc4ccc1nc43)C2(F)F. The van der Waals surface area contributed by atoms with Gasteiger partial charge in [0.05, 0.1) is 22.9 Å². The lowest BCUT2D eigenvalue weighted by molar-refractivity contribution is -0.125. The fourth-order valence-corrected chi connectivity index (χ4v) is 8.87. The summed E-state index contributed by atoms with van der Waals surface area (Å²) in [4.78, 5) is 38.4. The molecule has 4 fully saturated rings. The average molecular weight is 660 g/mol. The van der Waals surface area contributed by atoms with Crippen molar-refractivity contribution in [1.29, 1.82) is 0 Å². The van der Waals surface area contributed by atoms with Gasteiger partial charge in [0.1, 0.15) is 22.9 Å². The molecule has 1 aromatic carbocycles. The van der Waals surface area contributed by atoms with Crippen LogP contribution in [0.4, 0.5) is 13.2 Å². The van der Waals surface area contributed by atoms with Gasteiger partial charge in [-0.3, -0.25) is 9.59 Å². The third-order valence-electron chi connectivity index (χ3n) is 11.7. The Morgan fingerprint density at radius 3 is 2.65 bits per heavy atom. The molecule has 252 valence electrons. The second-order valence-electron chi connectivity index (χ2n) is 14.9. The summed E-state index contributed by atoms with van der Waals surface area (Å²) in [5.74, 6) is -5.39. The number of hydrogen-bond donors (Lipinski definition) is 2. The first-order valence-electron chi connectivity index (χ1n) is 17.6. The van der Waals surface area contributed by atoms with Gasteiger partial charge in [0.2, 0.25) is 5.91 Å². The maximum absolute atomic E-state index is 16.2. The van der Waals surface area contributed by atoms with E-state index in [9.17, 15) is 18.4 Å². The quantitative estimate of drug-likeness (QED) is 0.276. The number of carbonyl (C=O) groups is 2. The maximum Gasteiger partial charge on any atom is 0.263 e. The van der Waals surface area contributed by atoms with Gasteiger partial charge in [-0.1, -0.05) is 12.8 Å². The van der Waals surface area contributed by atoms with E-state index in [2.05, 4.69) is 9.88 Å². The standard InChI is InChI=1S/C36H40F3N7O2/c1-18-27-11-7-20-16-29(44(32(20)42-27)12-4-2-3-5-24-30(34(47)41-18)36(24,38)39)33-43-28-15-21(14-25(37)31(28)46(33)22-9-10-22)35(48)45-17-26(40)19-6-8-23(45)13-19/h7,11,14-16,18-19,22-24,26,30H,2-6,8-10,12-13,17,40H2,1H3,(H,41,47)/t18-,19-,23+,24+,26+,30-/m1/s1. The summed E-state index contributed by atoms with van der Waals surface area (Å²) in [6.07, 6.45) is 7.00. The number of imidazole rings is 1. The lowest BCUT2D eigenvalue weighted by Gasteiger charge is -2.37. The number of likely N-dealkylation sites (tertiary alicyclic amines) is 1. The molecule has 5 heterocycles. The molecule has 48 heavy (non-hydrogen) atoms. The molecule has 1 saturated heterocycles. The summed E-state index contributed by atoms with van der Waals surface area (Å²) in [5, 5.41) is 3.65. The van der Waals surface area contributed by atoms with E-state index in [1.54, 1.807) is 13.0 Å². The minimum atomic E-state index is -2.97. The molecule has 3 saturated carbocycles. The highest BCUT2D eigenvalue weighted by atomic mass is 19.3. The minimum Gasteiger partial charge on any atom is -0.348 e. The van der Waals surface area contributed by atoms with Crippen LogP contribution in [0.1, 0.15) is 92.8 Å². The summed E-state index contributed by atoms with van der Waals surface area (Å²) in [6, 6.07) is 8.47. The van der Waals surface area contributed by atoms with E-state index < -0.39 is 35.5 Å². The first-order valence-corrected chi connectivity index (χ1v) is 17.6. The van der Waals surface area contributed by atoms with Crippen LogP contribution in [0.5, 0.6) is 0 Å². The van der Waals surface area contributed by atoms with Crippen LogP contribution in [0.2, 0.25) is 0 Å². The van der Waals surface area contributed by atoms with Crippen molar-refractivity contribution in [2.75, 3.05) is 6.54 Å². The number of halogens is 3. The van der Waals surface area contributed by atoms with E-state index in [0.29, 0.717) is 60.0 Å². The van der Waals surface area contributed by atoms with E-state index >= 15 is 4.39 Å². The first kappa shape index (κ1) is 30.2. The van der Waals surface area contributed by atoms with Crippen molar-refractivity contribution < 1.29 is 22.8 Å². The van der Waals surface area contributed by atoms with E-state index in [1.165, 1.54) is 6.07 Å². The van der Waals surface area contributed by atoms with Gasteiger partial charge in [0.15, 0.2) is 5.82 Å². The monoisotopic (exact) mass is 659 g/mol. The van der Waals surface area contributed by atoms with Crippen molar-refractivity contribution in [3.8, 4) is 11.5 Å². The summed E-state index contributed by atoms with van der Waals surface area (Å²) < 4.78 is 49.3. The fourth-order valence-electron chi connectivity index (χ4n) is 8.87. The Labute approximate surface area is 276 Å². The number of carbonyl (C=O) groups excluding carboxylic acids is 2. The Balaban J connectivity index is 1.12. The van der Waals surface area contributed by atoms with Crippen molar-refractivity contribution in [2.24, 2.45) is 23.5 Å². The molecule has 12 heteroatoms. The zero-order valence-electron chi connectivity index (χ0n) is 27.0. The van der Waals surface area contributed by atoms with Gasteiger partial charge in [-0.15, -0.1) is 0 Å². The number of aryl methyl sites for hydroxylation is 1. The van der Waals surface area contributed by atoms with Crippen molar-refractivity contribution in [2.45, 2.75) is 101 Å². The fraction of sp³-hybridized carbons (Fsp3) is 0.556. The van der Waals surface area contributed by atoms with Crippen LogP contribution in [-0.4, -0.2) is 60.4 Å². The molecule has 0 radical (unpaired) electrons. The van der Waals surface area contributed by atoms with E-state index in [4.69, 9.17) is 15.7 Å². The van der Waals surface area contributed by atoms with E-state index in [0.717, 1.165) is 56.0 Å². The molecule has 2 aliphatic heterocycles. The Morgan fingerprint density at radius 1 is 1.02 bits per heavy atom. The summed E-state index contributed by atoms with van der Waals surface area (Å²) >= 11 is 0. The van der Waals surface area contributed by atoms with Crippen LogP contribution in [0.25, 0.3) is 33.6 Å². The Morgan fingerprint density at radius 2 is 1.83 bits per heavy atom. The lowest BCUT2D eigenvalue weighted by Crippen LogP contribution is -2.51. The number of nitrogens with one attached hydrogen (secondary N) is 1. The van der Waals surface area contributed by atoms with Gasteiger partial charge in [-0.05, 0) is 88.1 Å². The maximum atomic E-state index is 16.2. The van der Waals surface area contributed by atoms with Crippen LogP contribution in [0, 0.1) is 23.6 Å². The predicted octanol–water partition coefficient (Wildman–Crippen LogP) is 6.11. The zero-order valence-corrected chi connectivity index (χ0v) is 27.0. The molecule has 4 aromatic rings. The molecule has 2 amide bonds. The van der Waals surface area contributed by atoms with Gasteiger partial charge in [0, 0.05) is 48.1 Å². The molecule has 3 aromatic heterocycles. The molecular weight excluding hydrogens is 619 g/mol. The number of amides is 2. The molecule has 0 unspecified atom stereocenters. The van der Waals surface area contributed by atoms with Crippen LogP contribution in [-0.2, 0) is 11.3 Å². The molecule has 9 nitrogen and oxygen atoms in total. The number of alkyl halides is 2. The largest absolute Gasteiger partial charge is 0.348 e. The second kappa shape index (κ2) is 10.8. The van der Waals surface area contributed by atoms with Crippen LogP contribution in [0.15, 0.2) is 30.3 Å². The molecule has 3 N–H and O–H groups in total.